The monoisotopic (exact) mass is 238 g/mol. The lowest BCUT2D eigenvalue weighted by molar-refractivity contribution is -0.181. The molecule has 0 saturated carbocycles. The molecule has 0 bridgehead atoms. The SMILES string of the molecule is CCCCC1=CC(O)(OCC)C1(Cl)Cl. The summed E-state index contributed by atoms with van der Waals surface area (Å²) in [5, 5.41) is 9.85. The predicted molar refractivity (Wildman–Crippen MR) is 58.6 cm³/mol. The molecule has 0 saturated heterocycles. The number of unbranched alkanes of at least 4 members (excludes halogenated alkanes) is 1. The lowest BCUT2D eigenvalue weighted by Gasteiger charge is -2.45. The van der Waals surface area contributed by atoms with Crippen LogP contribution in [0, 0.1) is 0 Å². The van der Waals surface area contributed by atoms with Crippen LogP contribution < -0.4 is 0 Å². The third kappa shape index (κ3) is 1.94. The zero-order valence-corrected chi connectivity index (χ0v) is 10.0. The largest absolute Gasteiger partial charge is 0.360 e. The highest BCUT2D eigenvalue weighted by atomic mass is 35.5. The van der Waals surface area contributed by atoms with Gasteiger partial charge in [-0.1, -0.05) is 36.5 Å². The van der Waals surface area contributed by atoms with Gasteiger partial charge in [0.1, 0.15) is 0 Å². The molecule has 0 spiro atoms. The predicted octanol–water partition coefficient (Wildman–Crippen LogP) is 3.02. The van der Waals surface area contributed by atoms with Gasteiger partial charge in [0.05, 0.1) is 0 Å². The van der Waals surface area contributed by atoms with Crippen molar-refractivity contribution >= 4 is 23.2 Å². The Morgan fingerprint density at radius 2 is 2.07 bits per heavy atom. The molecule has 1 aliphatic carbocycles. The Hall–Kier alpha value is 0.240. The summed E-state index contributed by atoms with van der Waals surface area (Å²) in [6, 6.07) is 0. The third-order valence-corrected chi connectivity index (χ3v) is 3.41. The van der Waals surface area contributed by atoms with Crippen LogP contribution in [-0.2, 0) is 4.74 Å². The van der Waals surface area contributed by atoms with E-state index in [4.69, 9.17) is 27.9 Å². The highest BCUT2D eigenvalue weighted by molar-refractivity contribution is 6.52. The fraction of sp³-hybridized carbons (Fsp3) is 0.800. The Labute approximate surface area is 94.8 Å². The number of aliphatic hydroxyl groups is 1. The number of alkyl halides is 2. The summed E-state index contributed by atoms with van der Waals surface area (Å²) >= 11 is 12.0. The summed E-state index contributed by atoms with van der Waals surface area (Å²) in [4.78, 5) is 0. The summed E-state index contributed by atoms with van der Waals surface area (Å²) in [7, 11) is 0. The maximum atomic E-state index is 9.85. The summed E-state index contributed by atoms with van der Waals surface area (Å²) in [6.45, 7) is 4.27. The smallest absolute Gasteiger partial charge is 0.223 e. The van der Waals surface area contributed by atoms with E-state index in [2.05, 4.69) is 6.92 Å². The fourth-order valence-electron chi connectivity index (χ4n) is 1.52. The fourth-order valence-corrected chi connectivity index (χ4v) is 2.03. The molecule has 1 unspecified atom stereocenters. The molecule has 0 aliphatic heterocycles. The van der Waals surface area contributed by atoms with E-state index in [9.17, 15) is 5.11 Å². The Morgan fingerprint density at radius 3 is 2.50 bits per heavy atom. The number of hydrogen-bond acceptors (Lipinski definition) is 2. The first-order chi connectivity index (χ1) is 6.48. The molecule has 1 N–H and O–H groups in total. The van der Waals surface area contributed by atoms with Crippen LogP contribution in [0.3, 0.4) is 0 Å². The molecular weight excluding hydrogens is 223 g/mol. The maximum absolute atomic E-state index is 9.85. The average molecular weight is 239 g/mol. The zero-order chi connectivity index (χ0) is 10.8. The summed E-state index contributed by atoms with van der Waals surface area (Å²) < 4.78 is 3.84. The molecule has 0 amide bonds. The first-order valence-electron chi connectivity index (χ1n) is 4.94. The first-order valence-corrected chi connectivity index (χ1v) is 5.70. The van der Waals surface area contributed by atoms with E-state index in [1.807, 2.05) is 0 Å². The molecule has 82 valence electrons. The van der Waals surface area contributed by atoms with Gasteiger partial charge in [-0.25, -0.2) is 0 Å². The highest BCUT2D eigenvalue weighted by Crippen LogP contribution is 2.52. The Morgan fingerprint density at radius 1 is 1.43 bits per heavy atom. The second-order valence-corrected chi connectivity index (χ2v) is 4.80. The van der Waals surface area contributed by atoms with E-state index >= 15 is 0 Å². The normalized spacial score (nSPS) is 29.6. The summed E-state index contributed by atoms with van der Waals surface area (Å²) in [5.74, 6) is -1.49. The summed E-state index contributed by atoms with van der Waals surface area (Å²) in [5.41, 5.74) is 0.860. The van der Waals surface area contributed by atoms with Gasteiger partial charge in [0.15, 0.2) is 4.33 Å². The van der Waals surface area contributed by atoms with Gasteiger partial charge in [0.2, 0.25) is 5.79 Å². The van der Waals surface area contributed by atoms with E-state index in [0.717, 1.165) is 24.8 Å². The second-order valence-electron chi connectivity index (χ2n) is 3.48. The molecule has 4 heteroatoms. The van der Waals surface area contributed by atoms with Gasteiger partial charge in [-0.3, -0.25) is 0 Å². The molecule has 0 aromatic rings. The second kappa shape index (κ2) is 4.40. The van der Waals surface area contributed by atoms with E-state index in [-0.39, 0.29) is 0 Å². The molecule has 1 aliphatic rings. The van der Waals surface area contributed by atoms with Crippen molar-refractivity contribution in [3.63, 3.8) is 0 Å². The van der Waals surface area contributed by atoms with Gasteiger partial charge < -0.3 is 9.84 Å². The van der Waals surface area contributed by atoms with Gasteiger partial charge in [0.25, 0.3) is 0 Å². The van der Waals surface area contributed by atoms with Crippen LogP contribution in [-0.4, -0.2) is 21.8 Å². The van der Waals surface area contributed by atoms with Crippen molar-refractivity contribution in [2.75, 3.05) is 6.61 Å². The van der Waals surface area contributed by atoms with Gasteiger partial charge in [-0.2, -0.15) is 0 Å². The van der Waals surface area contributed by atoms with Crippen LogP contribution in [0.15, 0.2) is 11.6 Å². The number of rotatable bonds is 5. The molecule has 0 aromatic carbocycles. The van der Waals surface area contributed by atoms with E-state index in [1.165, 1.54) is 0 Å². The topological polar surface area (TPSA) is 29.5 Å². The van der Waals surface area contributed by atoms with Crippen molar-refractivity contribution in [1.82, 2.24) is 0 Å². The van der Waals surface area contributed by atoms with Crippen LogP contribution in [0.5, 0.6) is 0 Å². The van der Waals surface area contributed by atoms with E-state index < -0.39 is 10.1 Å². The van der Waals surface area contributed by atoms with Gasteiger partial charge in [-0.05, 0) is 31.4 Å². The molecule has 0 radical (unpaired) electrons. The lowest BCUT2D eigenvalue weighted by atomic mass is 9.86. The zero-order valence-electron chi connectivity index (χ0n) is 8.52. The highest BCUT2D eigenvalue weighted by Gasteiger charge is 2.58. The van der Waals surface area contributed by atoms with Crippen molar-refractivity contribution in [3.05, 3.63) is 11.6 Å². The lowest BCUT2D eigenvalue weighted by Crippen LogP contribution is -2.56. The van der Waals surface area contributed by atoms with Crippen LogP contribution >= 0.6 is 23.2 Å². The molecule has 1 rings (SSSR count). The third-order valence-electron chi connectivity index (χ3n) is 2.39. The van der Waals surface area contributed by atoms with Crippen molar-refractivity contribution in [1.29, 1.82) is 0 Å². The first kappa shape index (κ1) is 12.3. The molecule has 0 aromatic heterocycles. The molecule has 14 heavy (non-hydrogen) atoms. The standard InChI is InChI=1S/C10H16Cl2O2/c1-3-5-6-8-7-9(13,14-4-2)10(8,11)12/h7,13H,3-6H2,1-2H3. The molecule has 0 heterocycles. The van der Waals surface area contributed by atoms with E-state index in [0.29, 0.717) is 6.61 Å². The molecular formula is C10H16Cl2O2. The number of halogens is 2. The van der Waals surface area contributed by atoms with E-state index in [1.54, 1.807) is 13.0 Å². The minimum absolute atomic E-state index is 0.384. The maximum Gasteiger partial charge on any atom is 0.223 e. The van der Waals surface area contributed by atoms with Gasteiger partial charge in [0, 0.05) is 6.61 Å². The Kier molecular flexibility index (Phi) is 3.87. The van der Waals surface area contributed by atoms with Crippen LogP contribution in [0.1, 0.15) is 33.1 Å². The molecule has 0 fully saturated rings. The van der Waals surface area contributed by atoms with Gasteiger partial charge >= 0.3 is 0 Å². The quantitative estimate of drug-likeness (QED) is 0.454. The van der Waals surface area contributed by atoms with Crippen LogP contribution in [0.2, 0.25) is 0 Å². The Bertz CT molecular complexity index is 238. The number of hydrogen-bond donors (Lipinski definition) is 1. The summed E-state index contributed by atoms with van der Waals surface area (Å²) in [6.07, 6.45) is 4.54. The molecule has 2 nitrogen and oxygen atoms in total. The minimum atomic E-state index is -1.49. The van der Waals surface area contributed by atoms with Crippen LogP contribution in [0.25, 0.3) is 0 Å². The van der Waals surface area contributed by atoms with Crippen molar-refractivity contribution in [3.8, 4) is 0 Å². The van der Waals surface area contributed by atoms with Crippen molar-refractivity contribution in [2.45, 2.75) is 43.2 Å². The van der Waals surface area contributed by atoms with Gasteiger partial charge in [-0.15, -0.1) is 0 Å². The van der Waals surface area contributed by atoms with Crippen molar-refractivity contribution in [2.24, 2.45) is 0 Å². The van der Waals surface area contributed by atoms with Crippen molar-refractivity contribution < 1.29 is 9.84 Å². The average Bonchev–Trinajstić information content (AvgIpc) is 2.12. The minimum Gasteiger partial charge on any atom is -0.360 e. The number of ether oxygens (including phenoxy) is 1. The van der Waals surface area contributed by atoms with Crippen LogP contribution in [0.4, 0.5) is 0 Å². The molecule has 1 atom stereocenters. The Balaban J connectivity index is 2.65.